The molecule has 1 aromatic carbocycles. The van der Waals surface area contributed by atoms with Crippen molar-refractivity contribution in [1.82, 2.24) is 10.2 Å². The quantitative estimate of drug-likeness (QED) is 0.828. The summed E-state index contributed by atoms with van der Waals surface area (Å²) in [6.45, 7) is 5.95. The molecule has 1 aliphatic heterocycles. The van der Waals surface area contributed by atoms with E-state index in [-0.39, 0.29) is 5.75 Å². The van der Waals surface area contributed by atoms with E-state index in [4.69, 9.17) is 11.6 Å². The number of benzene rings is 1. The zero-order chi connectivity index (χ0) is 11.5. The minimum atomic E-state index is 0.218. The summed E-state index contributed by atoms with van der Waals surface area (Å²) in [5, 5.41) is 13.6. The van der Waals surface area contributed by atoms with Gasteiger partial charge in [-0.2, -0.15) is 0 Å². The second-order valence-electron chi connectivity index (χ2n) is 4.34. The van der Waals surface area contributed by atoms with Crippen LogP contribution < -0.4 is 5.32 Å². The van der Waals surface area contributed by atoms with E-state index < -0.39 is 0 Å². The van der Waals surface area contributed by atoms with Crippen LogP contribution in [0.4, 0.5) is 0 Å². The molecule has 0 saturated carbocycles. The average molecular weight is 241 g/mol. The van der Waals surface area contributed by atoms with Gasteiger partial charge in [0.25, 0.3) is 0 Å². The molecule has 3 nitrogen and oxygen atoms in total. The first-order valence-electron chi connectivity index (χ1n) is 5.59. The van der Waals surface area contributed by atoms with Gasteiger partial charge in [0, 0.05) is 37.8 Å². The fourth-order valence-corrected chi connectivity index (χ4v) is 2.28. The summed E-state index contributed by atoms with van der Waals surface area (Å²) >= 11 is 5.88. The van der Waals surface area contributed by atoms with Crippen LogP contribution in [-0.2, 0) is 6.54 Å². The summed E-state index contributed by atoms with van der Waals surface area (Å²) in [4.78, 5) is 2.33. The van der Waals surface area contributed by atoms with E-state index in [1.165, 1.54) is 0 Å². The highest BCUT2D eigenvalue weighted by Crippen LogP contribution is 2.27. The lowest BCUT2D eigenvalue weighted by molar-refractivity contribution is 0.198. The van der Waals surface area contributed by atoms with Crippen molar-refractivity contribution in [3.05, 3.63) is 28.8 Å². The Morgan fingerprint density at radius 3 is 3.12 bits per heavy atom. The van der Waals surface area contributed by atoms with Gasteiger partial charge in [-0.3, -0.25) is 4.90 Å². The second kappa shape index (κ2) is 5.04. The number of halogens is 1. The van der Waals surface area contributed by atoms with Crippen molar-refractivity contribution in [2.45, 2.75) is 19.5 Å². The second-order valence-corrected chi connectivity index (χ2v) is 4.75. The van der Waals surface area contributed by atoms with E-state index in [1.54, 1.807) is 6.07 Å². The highest BCUT2D eigenvalue weighted by molar-refractivity contribution is 6.32. The first kappa shape index (κ1) is 11.7. The molecule has 88 valence electrons. The number of nitrogens with one attached hydrogen (secondary N) is 1. The summed E-state index contributed by atoms with van der Waals surface area (Å²) in [5.74, 6) is 0.218. The van der Waals surface area contributed by atoms with Crippen molar-refractivity contribution < 1.29 is 5.11 Å². The molecule has 0 aliphatic carbocycles. The molecule has 1 saturated heterocycles. The Hall–Kier alpha value is -0.770. The maximum atomic E-state index is 9.82. The Kier molecular flexibility index (Phi) is 3.69. The predicted molar refractivity (Wildman–Crippen MR) is 65.9 cm³/mol. The normalized spacial score (nSPS) is 22.2. The molecule has 16 heavy (non-hydrogen) atoms. The van der Waals surface area contributed by atoms with Crippen LogP contribution in [0.2, 0.25) is 5.02 Å². The number of piperazine rings is 1. The lowest BCUT2D eigenvalue weighted by Crippen LogP contribution is -2.48. The van der Waals surface area contributed by atoms with Crippen molar-refractivity contribution in [2.75, 3.05) is 19.6 Å². The first-order valence-corrected chi connectivity index (χ1v) is 5.96. The van der Waals surface area contributed by atoms with Gasteiger partial charge in [-0.25, -0.2) is 0 Å². The van der Waals surface area contributed by atoms with E-state index in [0.717, 1.165) is 31.7 Å². The summed E-state index contributed by atoms with van der Waals surface area (Å²) in [5.41, 5.74) is 0.904. The molecule has 0 radical (unpaired) electrons. The molecule has 2 rings (SSSR count). The Labute approximate surface area is 101 Å². The zero-order valence-electron chi connectivity index (χ0n) is 9.41. The van der Waals surface area contributed by atoms with E-state index in [2.05, 4.69) is 17.1 Å². The SMILES string of the molecule is CC1CN(Cc2cccc(Cl)c2O)CCN1. The number of aromatic hydroxyl groups is 1. The number of nitrogens with zero attached hydrogens (tertiary/aromatic N) is 1. The number of phenols is 1. The fourth-order valence-electron chi connectivity index (χ4n) is 2.08. The highest BCUT2D eigenvalue weighted by atomic mass is 35.5. The van der Waals surface area contributed by atoms with Gasteiger partial charge >= 0.3 is 0 Å². The van der Waals surface area contributed by atoms with Crippen molar-refractivity contribution in [1.29, 1.82) is 0 Å². The fraction of sp³-hybridized carbons (Fsp3) is 0.500. The molecule has 1 fully saturated rings. The van der Waals surface area contributed by atoms with Crippen molar-refractivity contribution in [3.63, 3.8) is 0 Å². The maximum Gasteiger partial charge on any atom is 0.138 e. The van der Waals surface area contributed by atoms with Crippen LogP contribution in [0.15, 0.2) is 18.2 Å². The van der Waals surface area contributed by atoms with Gasteiger partial charge in [0.15, 0.2) is 0 Å². The molecule has 0 amide bonds. The summed E-state index contributed by atoms with van der Waals surface area (Å²) in [7, 11) is 0. The molecule has 1 heterocycles. The third-order valence-electron chi connectivity index (χ3n) is 2.92. The third-order valence-corrected chi connectivity index (χ3v) is 3.22. The minimum Gasteiger partial charge on any atom is -0.506 e. The Morgan fingerprint density at radius 1 is 1.56 bits per heavy atom. The lowest BCUT2D eigenvalue weighted by atomic mass is 10.1. The molecule has 1 aliphatic rings. The zero-order valence-corrected chi connectivity index (χ0v) is 10.2. The molecule has 0 bridgehead atoms. The first-order chi connectivity index (χ1) is 7.66. The molecule has 1 aromatic rings. The van der Waals surface area contributed by atoms with Gasteiger partial charge in [-0.15, -0.1) is 0 Å². The Bertz CT molecular complexity index is 370. The van der Waals surface area contributed by atoms with E-state index in [1.807, 2.05) is 12.1 Å². The molecular formula is C12H17ClN2O. The smallest absolute Gasteiger partial charge is 0.138 e. The molecule has 1 unspecified atom stereocenters. The van der Waals surface area contributed by atoms with E-state index >= 15 is 0 Å². The predicted octanol–water partition coefficient (Wildman–Crippen LogP) is 1.84. The topological polar surface area (TPSA) is 35.5 Å². The monoisotopic (exact) mass is 240 g/mol. The molecule has 4 heteroatoms. The van der Waals surface area contributed by atoms with Gasteiger partial charge < -0.3 is 10.4 Å². The molecule has 0 aromatic heterocycles. The van der Waals surface area contributed by atoms with Crippen LogP contribution in [0, 0.1) is 0 Å². The van der Waals surface area contributed by atoms with Crippen LogP contribution >= 0.6 is 11.6 Å². The van der Waals surface area contributed by atoms with Gasteiger partial charge in [0.1, 0.15) is 5.75 Å². The van der Waals surface area contributed by atoms with Gasteiger partial charge in [-0.1, -0.05) is 23.7 Å². The molecule has 2 N–H and O–H groups in total. The number of hydrogen-bond acceptors (Lipinski definition) is 3. The van der Waals surface area contributed by atoms with Crippen LogP contribution in [-0.4, -0.2) is 35.7 Å². The maximum absolute atomic E-state index is 9.82. The summed E-state index contributed by atoms with van der Waals surface area (Å²) in [6, 6.07) is 6.02. The molecular weight excluding hydrogens is 224 g/mol. The largest absolute Gasteiger partial charge is 0.506 e. The van der Waals surface area contributed by atoms with Crippen molar-refractivity contribution in [2.24, 2.45) is 0 Å². The molecule has 0 spiro atoms. The number of para-hydroxylation sites is 1. The van der Waals surface area contributed by atoms with Crippen LogP contribution in [0.5, 0.6) is 5.75 Å². The van der Waals surface area contributed by atoms with Gasteiger partial charge in [0.05, 0.1) is 5.02 Å². The average Bonchev–Trinajstić information content (AvgIpc) is 2.25. The Morgan fingerprint density at radius 2 is 2.38 bits per heavy atom. The summed E-state index contributed by atoms with van der Waals surface area (Å²) in [6.07, 6.45) is 0. The number of phenolic OH excluding ortho intramolecular Hbond substituents is 1. The number of rotatable bonds is 2. The van der Waals surface area contributed by atoms with E-state index in [9.17, 15) is 5.11 Å². The molecule has 1 atom stereocenters. The highest BCUT2D eigenvalue weighted by Gasteiger charge is 2.17. The van der Waals surface area contributed by atoms with Gasteiger partial charge in [0.2, 0.25) is 0 Å². The van der Waals surface area contributed by atoms with E-state index in [0.29, 0.717) is 11.1 Å². The third kappa shape index (κ3) is 2.67. The minimum absolute atomic E-state index is 0.218. The van der Waals surface area contributed by atoms with Gasteiger partial charge in [-0.05, 0) is 13.0 Å². The number of hydrogen-bond donors (Lipinski definition) is 2. The van der Waals surface area contributed by atoms with Crippen molar-refractivity contribution in [3.8, 4) is 5.75 Å². The van der Waals surface area contributed by atoms with Crippen LogP contribution in [0.1, 0.15) is 12.5 Å². The van der Waals surface area contributed by atoms with Crippen molar-refractivity contribution >= 4 is 11.6 Å². The summed E-state index contributed by atoms with van der Waals surface area (Å²) < 4.78 is 0. The lowest BCUT2D eigenvalue weighted by Gasteiger charge is -2.31. The standard InChI is InChI=1S/C12H17ClN2O/c1-9-7-15(6-5-14-9)8-10-3-2-4-11(13)12(10)16/h2-4,9,14,16H,5-8H2,1H3. The van der Waals surface area contributed by atoms with Crippen LogP contribution in [0.25, 0.3) is 0 Å². The van der Waals surface area contributed by atoms with Crippen LogP contribution in [0.3, 0.4) is 0 Å². The Balaban J connectivity index is 2.05.